The molecule has 0 heterocycles. The number of benzene rings is 2. The fourth-order valence-corrected chi connectivity index (χ4v) is 1.87. The minimum atomic E-state index is 0.775. The Bertz CT molecular complexity index is 459. The molecule has 0 atom stereocenters. The maximum atomic E-state index is 5.56. The molecule has 2 aromatic rings. The zero-order valence-corrected chi connectivity index (χ0v) is 11.4. The van der Waals surface area contributed by atoms with Crippen molar-refractivity contribution in [2.75, 3.05) is 6.61 Å². The van der Waals surface area contributed by atoms with Gasteiger partial charge in [-0.15, -0.1) is 0 Å². The van der Waals surface area contributed by atoms with E-state index in [1.807, 2.05) is 12.1 Å². The summed E-state index contributed by atoms with van der Waals surface area (Å²) in [6, 6.07) is 16.5. The molecule has 0 unspecified atom stereocenters. The Morgan fingerprint density at radius 2 is 1.41 bits per heavy atom. The molecule has 0 aliphatic rings. The van der Waals surface area contributed by atoms with E-state index < -0.39 is 0 Å². The molecule has 0 aliphatic carbocycles. The SMILES string of the molecule is CCCOc1ccc(-c2ccc(Br)cc2)cc1. The summed E-state index contributed by atoms with van der Waals surface area (Å²) >= 11 is 3.44. The van der Waals surface area contributed by atoms with E-state index in [0.29, 0.717) is 0 Å². The van der Waals surface area contributed by atoms with E-state index in [-0.39, 0.29) is 0 Å². The van der Waals surface area contributed by atoms with Crippen molar-refractivity contribution >= 4 is 15.9 Å². The van der Waals surface area contributed by atoms with Gasteiger partial charge in [-0.05, 0) is 41.8 Å². The molecule has 1 nitrogen and oxygen atoms in total. The van der Waals surface area contributed by atoms with Crippen LogP contribution in [0.2, 0.25) is 0 Å². The Balaban J connectivity index is 2.14. The van der Waals surface area contributed by atoms with Crippen LogP contribution in [0.25, 0.3) is 11.1 Å². The molecule has 0 amide bonds. The number of hydrogen-bond donors (Lipinski definition) is 0. The number of rotatable bonds is 4. The molecule has 17 heavy (non-hydrogen) atoms. The second-order valence-corrected chi connectivity index (χ2v) is 4.80. The van der Waals surface area contributed by atoms with Crippen LogP contribution < -0.4 is 4.74 Å². The van der Waals surface area contributed by atoms with Crippen molar-refractivity contribution in [3.05, 3.63) is 53.0 Å². The highest BCUT2D eigenvalue weighted by Gasteiger charge is 1.98. The summed E-state index contributed by atoms with van der Waals surface area (Å²) in [6.07, 6.45) is 1.04. The summed E-state index contributed by atoms with van der Waals surface area (Å²) in [5.74, 6) is 0.938. The van der Waals surface area contributed by atoms with Gasteiger partial charge < -0.3 is 4.74 Å². The van der Waals surface area contributed by atoms with Crippen LogP contribution in [0.3, 0.4) is 0 Å². The molecule has 0 radical (unpaired) electrons. The Labute approximate surface area is 111 Å². The smallest absolute Gasteiger partial charge is 0.119 e. The monoisotopic (exact) mass is 290 g/mol. The first-order chi connectivity index (χ1) is 8.29. The summed E-state index contributed by atoms with van der Waals surface area (Å²) in [5, 5.41) is 0. The molecule has 0 N–H and O–H groups in total. The molecular weight excluding hydrogens is 276 g/mol. The number of halogens is 1. The van der Waals surface area contributed by atoms with Crippen LogP contribution in [-0.2, 0) is 0 Å². The van der Waals surface area contributed by atoms with Gasteiger partial charge in [0.25, 0.3) is 0 Å². The van der Waals surface area contributed by atoms with Crippen LogP contribution in [0.15, 0.2) is 53.0 Å². The maximum absolute atomic E-state index is 5.56. The fraction of sp³-hybridized carbons (Fsp3) is 0.200. The van der Waals surface area contributed by atoms with Crippen LogP contribution in [0, 0.1) is 0 Å². The van der Waals surface area contributed by atoms with Gasteiger partial charge in [-0.25, -0.2) is 0 Å². The lowest BCUT2D eigenvalue weighted by atomic mass is 10.1. The highest BCUT2D eigenvalue weighted by molar-refractivity contribution is 9.10. The molecule has 0 saturated carbocycles. The third kappa shape index (κ3) is 3.34. The van der Waals surface area contributed by atoms with E-state index in [1.165, 1.54) is 11.1 Å². The van der Waals surface area contributed by atoms with Crippen LogP contribution >= 0.6 is 15.9 Å². The Morgan fingerprint density at radius 3 is 1.94 bits per heavy atom. The maximum Gasteiger partial charge on any atom is 0.119 e. The van der Waals surface area contributed by atoms with E-state index in [1.54, 1.807) is 0 Å². The Morgan fingerprint density at radius 1 is 0.882 bits per heavy atom. The largest absolute Gasteiger partial charge is 0.494 e. The minimum Gasteiger partial charge on any atom is -0.494 e. The molecule has 2 rings (SSSR count). The van der Waals surface area contributed by atoms with Gasteiger partial charge >= 0.3 is 0 Å². The number of hydrogen-bond acceptors (Lipinski definition) is 1. The van der Waals surface area contributed by atoms with Gasteiger partial charge in [-0.2, -0.15) is 0 Å². The van der Waals surface area contributed by atoms with E-state index in [4.69, 9.17) is 4.74 Å². The van der Waals surface area contributed by atoms with Gasteiger partial charge in [0.1, 0.15) is 5.75 Å². The van der Waals surface area contributed by atoms with Crippen molar-refractivity contribution in [3.63, 3.8) is 0 Å². The third-order valence-electron chi connectivity index (χ3n) is 2.50. The molecule has 0 spiro atoms. The van der Waals surface area contributed by atoms with Crippen molar-refractivity contribution in [1.82, 2.24) is 0 Å². The van der Waals surface area contributed by atoms with Crippen molar-refractivity contribution in [2.24, 2.45) is 0 Å². The van der Waals surface area contributed by atoms with E-state index in [0.717, 1.165) is 23.2 Å². The highest BCUT2D eigenvalue weighted by Crippen LogP contribution is 2.24. The average molecular weight is 291 g/mol. The average Bonchev–Trinajstić information content (AvgIpc) is 2.38. The fourth-order valence-electron chi connectivity index (χ4n) is 1.61. The first-order valence-electron chi connectivity index (χ1n) is 5.78. The van der Waals surface area contributed by atoms with E-state index >= 15 is 0 Å². The van der Waals surface area contributed by atoms with Crippen LogP contribution in [0.1, 0.15) is 13.3 Å². The molecule has 0 aromatic heterocycles. The molecule has 0 bridgehead atoms. The summed E-state index contributed by atoms with van der Waals surface area (Å²) in [7, 11) is 0. The van der Waals surface area contributed by atoms with Gasteiger partial charge in [-0.3, -0.25) is 0 Å². The second-order valence-electron chi connectivity index (χ2n) is 3.88. The van der Waals surface area contributed by atoms with E-state index in [9.17, 15) is 0 Å². The molecule has 2 aromatic carbocycles. The Kier molecular flexibility index (Phi) is 4.21. The molecule has 0 fully saturated rings. The van der Waals surface area contributed by atoms with Crippen LogP contribution in [-0.4, -0.2) is 6.61 Å². The Hall–Kier alpha value is -1.28. The molecule has 88 valence electrons. The van der Waals surface area contributed by atoms with Crippen molar-refractivity contribution in [3.8, 4) is 16.9 Å². The van der Waals surface area contributed by atoms with Gasteiger partial charge in [0, 0.05) is 4.47 Å². The summed E-state index contributed by atoms with van der Waals surface area (Å²) < 4.78 is 6.66. The minimum absolute atomic E-state index is 0.775. The standard InChI is InChI=1S/C15H15BrO/c1-2-11-17-15-9-5-13(6-10-15)12-3-7-14(16)8-4-12/h3-10H,2,11H2,1H3. The normalized spacial score (nSPS) is 10.2. The molecule has 0 aliphatic heterocycles. The quantitative estimate of drug-likeness (QED) is 0.778. The van der Waals surface area contributed by atoms with Crippen molar-refractivity contribution < 1.29 is 4.74 Å². The van der Waals surface area contributed by atoms with Gasteiger partial charge in [0.2, 0.25) is 0 Å². The first kappa shape index (κ1) is 12.2. The lowest BCUT2D eigenvalue weighted by Crippen LogP contribution is -1.94. The molecular formula is C15H15BrO. The third-order valence-corrected chi connectivity index (χ3v) is 3.03. The van der Waals surface area contributed by atoms with Gasteiger partial charge in [-0.1, -0.05) is 47.1 Å². The number of ether oxygens (including phenoxy) is 1. The lowest BCUT2D eigenvalue weighted by Gasteiger charge is -2.06. The first-order valence-corrected chi connectivity index (χ1v) is 6.57. The van der Waals surface area contributed by atoms with Crippen LogP contribution in [0.4, 0.5) is 0 Å². The summed E-state index contributed by atoms with van der Waals surface area (Å²) in [4.78, 5) is 0. The zero-order valence-electron chi connectivity index (χ0n) is 9.82. The summed E-state index contributed by atoms with van der Waals surface area (Å²) in [5.41, 5.74) is 2.43. The van der Waals surface area contributed by atoms with Gasteiger partial charge in [0.05, 0.1) is 6.61 Å². The summed E-state index contributed by atoms with van der Waals surface area (Å²) in [6.45, 7) is 2.88. The van der Waals surface area contributed by atoms with Crippen LogP contribution in [0.5, 0.6) is 5.75 Å². The predicted octanol–water partition coefficient (Wildman–Crippen LogP) is 4.90. The molecule has 2 heteroatoms. The predicted molar refractivity (Wildman–Crippen MR) is 75.4 cm³/mol. The zero-order chi connectivity index (χ0) is 12.1. The van der Waals surface area contributed by atoms with Crippen molar-refractivity contribution in [1.29, 1.82) is 0 Å². The second kappa shape index (κ2) is 5.87. The topological polar surface area (TPSA) is 9.23 Å². The van der Waals surface area contributed by atoms with Crippen molar-refractivity contribution in [2.45, 2.75) is 13.3 Å². The van der Waals surface area contributed by atoms with E-state index in [2.05, 4.69) is 59.3 Å². The highest BCUT2D eigenvalue weighted by atomic mass is 79.9. The van der Waals surface area contributed by atoms with Gasteiger partial charge in [0.15, 0.2) is 0 Å². The lowest BCUT2D eigenvalue weighted by molar-refractivity contribution is 0.317. The molecule has 0 saturated heterocycles.